The largest absolute Gasteiger partial charge is 0.478 e. The van der Waals surface area contributed by atoms with Crippen LogP contribution in [0.4, 0.5) is 5.69 Å². The zero-order chi connectivity index (χ0) is 13.0. The molecule has 0 heterocycles. The highest BCUT2D eigenvalue weighted by atomic mass is 35.5. The fourth-order valence-electron chi connectivity index (χ4n) is 1.36. The number of carboxylic acid groups (broad SMARTS) is 1. The number of aromatic carboxylic acids is 1. The summed E-state index contributed by atoms with van der Waals surface area (Å²) < 4.78 is 0. The highest BCUT2D eigenvalue weighted by molar-refractivity contribution is 6.31. The standard InChI is InChI=1S/C12H16ClNO3/c1-7(6-15)8(2)14-11-4-3-9(13)5-10(11)12(16)17/h3-5,7-8,14-15H,6H2,1-2H3,(H,16,17). The van der Waals surface area contributed by atoms with E-state index in [1.807, 2.05) is 13.8 Å². The van der Waals surface area contributed by atoms with Crippen molar-refractivity contribution in [1.82, 2.24) is 0 Å². The number of carboxylic acids is 1. The van der Waals surface area contributed by atoms with Gasteiger partial charge >= 0.3 is 5.97 Å². The van der Waals surface area contributed by atoms with Crippen LogP contribution in [-0.4, -0.2) is 28.8 Å². The van der Waals surface area contributed by atoms with Crippen molar-refractivity contribution in [2.75, 3.05) is 11.9 Å². The molecule has 4 nitrogen and oxygen atoms in total. The Bertz CT molecular complexity index is 409. The highest BCUT2D eigenvalue weighted by Crippen LogP contribution is 2.22. The summed E-state index contributed by atoms with van der Waals surface area (Å²) in [5.41, 5.74) is 0.643. The van der Waals surface area contributed by atoms with Gasteiger partial charge in [-0.15, -0.1) is 0 Å². The maximum absolute atomic E-state index is 11.0. The smallest absolute Gasteiger partial charge is 0.337 e. The molecule has 3 N–H and O–H groups in total. The first-order valence-corrected chi connectivity index (χ1v) is 5.73. The van der Waals surface area contributed by atoms with Crippen molar-refractivity contribution in [2.24, 2.45) is 5.92 Å². The molecule has 0 aromatic heterocycles. The number of aliphatic hydroxyl groups is 1. The first-order chi connectivity index (χ1) is 7.95. The Morgan fingerprint density at radius 3 is 2.65 bits per heavy atom. The maximum atomic E-state index is 11.0. The number of benzene rings is 1. The lowest BCUT2D eigenvalue weighted by molar-refractivity contribution is 0.0698. The van der Waals surface area contributed by atoms with Crippen molar-refractivity contribution in [1.29, 1.82) is 0 Å². The van der Waals surface area contributed by atoms with Gasteiger partial charge in [-0.05, 0) is 31.0 Å². The SMILES string of the molecule is CC(CO)C(C)Nc1ccc(Cl)cc1C(=O)O. The molecule has 0 amide bonds. The lowest BCUT2D eigenvalue weighted by Crippen LogP contribution is -2.27. The molecule has 0 bridgehead atoms. The summed E-state index contributed by atoms with van der Waals surface area (Å²) >= 11 is 5.76. The number of hydrogen-bond donors (Lipinski definition) is 3. The van der Waals surface area contributed by atoms with E-state index in [1.54, 1.807) is 12.1 Å². The molecule has 0 spiro atoms. The zero-order valence-electron chi connectivity index (χ0n) is 9.77. The molecule has 17 heavy (non-hydrogen) atoms. The molecule has 1 aromatic carbocycles. The van der Waals surface area contributed by atoms with E-state index in [2.05, 4.69) is 5.32 Å². The summed E-state index contributed by atoms with van der Waals surface area (Å²) in [5, 5.41) is 21.5. The lowest BCUT2D eigenvalue weighted by atomic mass is 10.0. The second-order valence-electron chi connectivity index (χ2n) is 4.09. The quantitative estimate of drug-likeness (QED) is 0.758. The molecule has 2 atom stereocenters. The van der Waals surface area contributed by atoms with E-state index in [9.17, 15) is 4.79 Å². The Kier molecular flexibility index (Phi) is 4.78. The van der Waals surface area contributed by atoms with Crippen LogP contribution in [0, 0.1) is 5.92 Å². The fourth-order valence-corrected chi connectivity index (χ4v) is 1.54. The second kappa shape index (κ2) is 5.89. The van der Waals surface area contributed by atoms with Gasteiger partial charge in [0.05, 0.1) is 5.56 Å². The Morgan fingerprint density at radius 2 is 2.12 bits per heavy atom. The molecule has 94 valence electrons. The molecule has 0 fully saturated rings. The van der Waals surface area contributed by atoms with Crippen molar-refractivity contribution >= 4 is 23.3 Å². The predicted molar refractivity (Wildman–Crippen MR) is 67.7 cm³/mol. The van der Waals surface area contributed by atoms with E-state index in [1.165, 1.54) is 6.07 Å². The number of halogens is 1. The van der Waals surface area contributed by atoms with Gasteiger partial charge in [-0.25, -0.2) is 4.79 Å². The van der Waals surface area contributed by atoms with Crippen LogP contribution < -0.4 is 5.32 Å². The van der Waals surface area contributed by atoms with E-state index in [0.29, 0.717) is 10.7 Å². The topological polar surface area (TPSA) is 69.6 Å². The lowest BCUT2D eigenvalue weighted by Gasteiger charge is -2.21. The minimum absolute atomic E-state index is 0.0284. The molecule has 0 aliphatic carbocycles. The van der Waals surface area contributed by atoms with Crippen LogP contribution in [0.1, 0.15) is 24.2 Å². The van der Waals surface area contributed by atoms with Crippen LogP contribution >= 0.6 is 11.6 Å². The number of hydrogen-bond acceptors (Lipinski definition) is 3. The van der Waals surface area contributed by atoms with Crippen molar-refractivity contribution in [3.8, 4) is 0 Å². The monoisotopic (exact) mass is 257 g/mol. The molecule has 1 aromatic rings. The molecular weight excluding hydrogens is 242 g/mol. The Morgan fingerprint density at radius 1 is 1.47 bits per heavy atom. The van der Waals surface area contributed by atoms with Gasteiger partial charge in [0.1, 0.15) is 0 Å². The zero-order valence-corrected chi connectivity index (χ0v) is 10.5. The average molecular weight is 258 g/mol. The van der Waals surface area contributed by atoms with Gasteiger partial charge in [-0.2, -0.15) is 0 Å². The van der Waals surface area contributed by atoms with Gasteiger partial charge in [-0.3, -0.25) is 0 Å². The minimum atomic E-state index is -1.03. The van der Waals surface area contributed by atoms with Gasteiger partial charge in [-0.1, -0.05) is 18.5 Å². The molecule has 0 aliphatic heterocycles. The van der Waals surface area contributed by atoms with Gasteiger partial charge < -0.3 is 15.5 Å². The van der Waals surface area contributed by atoms with Crippen LogP contribution in [0.5, 0.6) is 0 Å². The first-order valence-electron chi connectivity index (χ1n) is 5.36. The Hall–Kier alpha value is -1.26. The van der Waals surface area contributed by atoms with E-state index in [4.69, 9.17) is 21.8 Å². The van der Waals surface area contributed by atoms with Crippen LogP contribution in [0.25, 0.3) is 0 Å². The minimum Gasteiger partial charge on any atom is -0.478 e. The van der Waals surface area contributed by atoms with Crippen LogP contribution in [0.2, 0.25) is 5.02 Å². The fraction of sp³-hybridized carbons (Fsp3) is 0.417. The normalized spacial score (nSPS) is 14.1. The van der Waals surface area contributed by atoms with Crippen LogP contribution in [0.15, 0.2) is 18.2 Å². The van der Waals surface area contributed by atoms with Crippen molar-refractivity contribution in [3.05, 3.63) is 28.8 Å². The summed E-state index contributed by atoms with van der Waals surface area (Å²) in [7, 11) is 0. The van der Waals surface area contributed by atoms with E-state index in [-0.39, 0.29) is 24.1 Å². The van der Waals surface area contributed by atoms with Crippen molar-refractivity contribution in [2.45, 2.75) is 19.9 Å². The van der Waals surface area contributed by atoms with Crippen LogP contribution in [0.3, 0.4) is 0 Å². The van der Waals surface area contributed by atoms with Gasteiger partial charge in [0, 0.05) is 23.4 Å². The molecule has 1 rings (SSSR count). The molecular formula is C12H16ClNO3. The molecule has 0 aliphatic rings. The predicted octanol–water partition coefficient (Wildman–Crippen LogP) is 2.47. The van der Waals surface area contributed by atoms with Gasteiger partial charge in [0.25, 0.3) is 0 Å². The Labute approximate surface area is 105 Å². The molecule has 5 heteroatoms. The summed E-state index contributed by atoms with van der Waals surface area (Å²) in [5.74, 6) is -0.994. The number of carbonyl (C=O) groups is 1. The molecule has 2 unspecified atom stereocenters. The molecule has 0 saturated heterocycles. The maximum Gasteiger partial charge on any atom is 0.337 e. The van der Waals surface area contributed by atoms with Gasteiger partial charge in [0.15, 0.2) is 0 Å². The molecule has 0 saturated carbocycles. The summed E-state index contributed by atoms with van der Waals surface area (Å²) in [6.45, 7) is 3.82. The van der Waals surface area contributed by atoms with E-state index in [0.717, 1.165) is 0 Å². The third-order valence-corrected chi connectivity index (χ3v) is 2.97. The first kappa shape index (κ1) is 13.8. The Balaban J connectivity index is 2.94. The summed E-state index contributed by atoms with van der Waals surface area (Å²) in [6, 6.07) is 4.64. The highest BCUT2D eigenvalue weighted by Gasteiger charge is 2.15. The third kappa shape index (κ3) is 3.61. The van der Waals surface area contributed by atoms with Gasteiger partial charge in [0.2, 0.25) is 0 Å². The van der Waals surface area contributed by atoms with Crippen molar-refractivity contribution < 1.29 is 15.0 Å². The number of anilines is 1. The number of aliphatic hydroxyl groups excluding tert-OH is 1. The summed E-state index contributed by atoms with van der Waals surface area (Å²) in [6.07, 6.45) is 0. The van der Waals surface area contributed by atoms with Crippen LogP contribution in [-0.2, 0) is 0 Å². The van der Waals surface area contributed by atoms with E-state index < -0.39 is 5.97 Å². The van der Waals surface area contributed by atoms with Crippen molar-refractivity contribution in [3.63, 3.8) is 0 Å². The second-order valence-corrected chi connectivity index (χ2v) is 4.52. The number of rotatable bonds is 5. The third-order valence-electron chi connectivity index (χ3n) is 2.74. The number of nitrogens with one attached hydrogen (secondary N) is 1. The van der Waals surface area contributed by atoms with E-state index >= 15 is 0 Å². The average Bonchev–Trinajstić information content (AvgIpc) is 2.29. The summed E-state index contributed by atoms with van der Waals surface area (Å²) in [4.78, 5) is 11.0. The molecule has 0 radical (unpaired) electrons.